The first-order valence-electron chi connectivity index (χ1n) is 20.7. The molecule has 1 aliphatic heterocycles. The Kier molecular flexibility index (Phi) is 5.99. The minimum Gasteiger partial charge on any atom is -0.306 e. The fraction of sp³-hybridized carbons (Fsp3) is 0. The summed E-state index contributed by atoms with van der Waals surface area (Å²) < 4.78 is 28.1. The van der Waals surface area contributed by atoms with E-state index in [0.717, 1.165) is 76.6 Å². The highest BCUT2D eigenvalue weighted by Crippen LogP contribution is 2.57. The molecule has 0 saturated carbocycles. The Morgan fingerprint density at radius 2 is 0.951 bits per heavy atom. The average molecular weight is 815 g/mol. The molecule has 1 aliphatic rings. The molecule has 0 aliphatic carbocycles. The van der Waals surface area contributed by atoms with Crippen molar-refractivity contribution >= 4 is 127 Å². The van der Waals surface area contributed by atoms with Crippen LogP contribution in [0.25, 0.3) is 114 Å². The molecule has 1 atom stereocenters. The minimum absolute atomic E-state index is 0.810. The summed E-state index contributed by atoms with van der Waals surface area (Å²) in [5.74, 6) is 0. The van der Waals surface area contributed by atoms with Crippen LogP contribution in [0.15, 0.2) is 188 Å². The minimum atomic E-state index is -3.64. The van der Waals surface area contributed by atoms with Crippen LogP contribution >= 0.6 is 18.8 Å². The van der Waals surface area contributed by atoms with Gasteiger partial charge in [0.15, 0.2) is 0 Å². The molecule has 7 heteroatoms. The highest BCUT2D eigenvalue weighted by atomic mass is 32.1. The second kappa shape index (κ2) is 11.3. The summed E-state index contributed by atoms with van der Waals surface area (Å²) in [5, 5.41) is 11.0. The summed E-state index contributed by atoms with van der Waals surface area (Å²) in [6, 6.07) is 67.6. The number of hydrogen-bond acceptors (Lipinski definition) is 2. The summed E-state index contributed by atoms with van der Waals surface area (Å²) in [6.07, 6.45) is 0. The predicted octanol–water partition coefficient (Wildman–Crippen LogP) is 13.8. The third kappa shape index (κ3) is 3.87. The monoisotopic (exact) mass is 814 g/mol. The van der Waals surface area contributed by atoms with Crippen molar-refractivity contribution in [1.29, 1.82) is 0 Å². The summed E-state index contributed by atoms with van der Waals surface area (Å²) in [5.41, 5.74) is 13.1. The van der Waals surface area contributed by atoms with E-state index in [2.05, 4.69) is 187 Å². The third-order valence-electron chi connectivity index (χ3n) is 13.5. The van der Waals surface area contributed by atoms with Gasteiger partial charge in [-0.25, -0.2) is 0 Å². The number of fused-ring (bicyclic) bond motifs is 14. The van der Waals surface area contributed by atoms with Crippen LogP contribution in [0, 0.1) is 0 Å². The van der Waals surface area contributed by atoms with Gasteiger partial charge in [-0.1, -0.05) is 127 Å². The molecule has 0 spiro atoms. The van der Waals surface area contributed by atoms with Crippen LogP contribution in [0.5, 0.6) is 0 Å². The molecule has 0 N–H and O–H groups in total. The Morgan fingerprint density at radius 1 is 0.393 bits per heavy atom. The van der Waals surface area contributed by atoms with Crippen LogP contribution in [0.1, 0.15) is 0 Å². The lowest BCUT2D eigenvalue weighted by Crippen LogP contribution is -2.22. The molecule has 0 amide bonds. The van der Waals surface area contributed by atoms with Gasteiger partial charge in [0, 0.05) is 48.4 Å². The lowest BCUT2D eigenvalue weighted by molar-refractivity contribution is 0.584. The Bertz CT molecular complexity index is 4330. The quantitative estimate of drug-likeness (QED) is 0.160. The van der Waals surface area contributed by atoms with E-state index in [4.69, 9.17) is 0 Å². The molecule has 5 nitrogen and oxygen atoms in total. The maximum Gasteiger partial charge on any atom is 0.236 e. The maximum absolute atomic E-state index is 17.3. The lowest BCUT2D eigenvalue weighted by atomic mass is 9.99. The molecule has 0 bridgehead atoms. The Balaban J connectivity index is 1.17. The smallest absolute Gasteiger partial charge is 0.236 e. The van der Waals surface area contributed by atoms with Gasteiger partial charge >= 0.3 is 0 Å². The molecule has 14 aromatic rings. The van der Waals surface area contributed by atoms with Crippen LogP contribution in [0.2, 0.25) is 0 Å². The molecule has 1 unspecified atom stereocenters. The highest BCUT2D eigenvalue weighted by molar-refractivity contribution is 7.78. The van der Waals surface area contributed by atoms with E-state index in [-0.39, 0.29) is 0 Å². The van der Waals surface area contributed by atoms with Crippen molar-refractivity contribution in [2.75, 3.05) is 0 Å². The second-order valence-corrected chi connectivity index (χ2v) is 20.0. The average Bonchev–Trinajstić information content (AvgIpc) is 4.00. The molecular formula is C54H31N4OPS. The number of para-hydroxylation sites is 6. The van der Waals surface area contributed by atoms with Gasteiger partial charge in [0.1, 0.15) is 0 Å². The highest BCUT2D eigenvalue weighted by Gasteiger charge is 2.40. The zero-order chi connectivity index (χ0) is 39.7. The van der Waals surface area contributed by atoms with Crippen molar-refractivity contribution in [3.63, 3.8) is 0 Å². The van der Waals surface area contributed by atoms with Gasteiger partial charge < -0.3 is 8.97 Å². The number of benzene rings is 9. The molecule has 284 valence electrons. The first-order valence-corrected chi connectivity index (χ1v) is 23.2. The predicted molar refractivity (Wildman–Crippen MR) is 258 cm³/mol. The first kappa shape index (κ1) is 32.5. The molecular weight excluding hydrogens is 784 g/mol. The van der Waals surface area contributed by atoms with Crippen molar-refractivity contribution in [1.82, 2.24) is 17.1 Å². The van der Waals surface area contributed by atoms with E-state index in [1.54, 1.807) is 0 Å². The van der Waals surface area contributed by atoms with Gasteiger partial charge in [-0.3, -0.25) is 12.7 Å². The fourth-order valence-electron chi connectivity index (χ4n) is 11.0. The van der Waals surface area contributed by atoms with Crippen molar-refractivity contribution < 1.29 is 4.57 Å². The van der Waals surface area contributed by atoms with Gasteiger partial charge in [-0.05, 0) is 83.9 Å². The van der Waals surface area contributed by atoms with E-state index in [9.17, 15) is 0 Å². The standard InChI is InChI=1S/C54H31N4OPS/c59-60(34-14-2-1-3-15-34)49-31-33(29-42-37-18-5-9-23-44(37)55(53(42)49)47-26-12-20-39-36-17-6-10-24-45(36)57(60)51(39)47)32-28-41-38-19-7-11-25-46(38)58-52(41)48(30-32)56-43-22-8-4-16-35(43)40-21-13-27-50(61-58)54(40)56/h1-31H. The lowest BCUT2D eigenvalue weighted by Gasteiger charge is -2.23. The van der Waals surface area contributed by atoms with E-state index in [1.807, 2.05) is 29.7 Å². The van der Waals surface area contributed by atoms with Gasteiger partial charge in [-0.15, -0.1) is 0 Å². The van der Waals surface area contributed by atoms with E-state index < -0.39 is 7.29 Å². The third-order valence-corrected chi connectivity index (χ3v) is 17.5. The van der Waals surface area contributed by atoms with Gasteiger partial charge in [0.05, 0.1) is 65.3 Å². The van der Waals surface area contributed by atoms with Crippen molar-refractivity contribution in [2.45, 2.75) is 0 Å². The summed E-state index contributed by atoms with van der Waals surface area (Å²) >= 11 is 1.81. The summed E-state index contributed by atoms with van der Waals surface area (Å²) in [6.45, 7) is 0. The Labute approximate surface area is 351 Å². The van der Waals surface area contributed by atoms with Crippen molar-refractivity contribution in [2.24, 2.45) is 0 Å². The number of rotatable bonds is 2. The first-order chi connectivity index (χ1) is 30.2. The van der Waals surface area contributed by atoms with E-state index >= 15 is 4.57 Å². The zero-order valence-electron chi connectivity index (χ0n) is 32.5. The number of aromatic nitrogens is 4. The number of hydrogen-bond donors (Lipinski definition) is 0. The molecule has 9 aromatic carbocycles. The summed E-state index contributed by atoms with van der Waals surface area (Å²) in [7, 11) is -3.64. The molecule has 0 fully saturated rings. The number of nitrogens with zero attached hydrogens (tertiary/aromatic N) is 4. The molecule has 0 saturated heterocycles. The Morgan fingerprint density at radius 3 is 1.72 bits per heavy atom. The molecule has 61 heavy (non-hydrogen) atoms. The SMILES string of the molecule is O=P1(c2ccccc2)c2cc(-c3cc4c5ccccc5n5sc6cccc7c8ccccc8n(c(c3)c45)c67)cc3c4ccccc4n(c23)-c2cccc3c4ccccc4n1c23. The summed E-state index contributed by atoms with van der Waals surface area (Å²) in [4.78, 5) is 0. The van der Waals surface area contributed by atoms with E-state index in [1.165, 1.54) is 48.3 Å². The van der Waals surface area contributed by atoms with E-state index in [0.29, 0.717) is 0 Å². The van der Waals surface area contributed by atoms with Crippen LogP contribution < -0.4 is 10.6 Å². The van der Waals surface area contributed by atoms with Crippen molar-refractivity contribution in [3.8, 4) is 16.8 Å². The molecule has 6 heterocycles. The Hall–Kier alpha value is -7.37. The second-order valence-electron chi connectivity index (χ2n) is 16.5. The maximum atomic E-state index is 17.3. The van der Waals surface area contributed by atoms with Crippen LogP contribution in [-0.2, 0) is 4.57 Å². The molecule has 5 aromatic heterocycles. The van der Waals surface area contributed by atoms with Gasteiger partial charge in [0.2, 0.25) is 7.29 Å². The zero-order valence-corrected chi connectivity index (χ0v) is 34.2. The van der Waals surface area contributed by atoms with Crippen LogP contribution in [-0.4, -0.2) is 17.1 Å². The molecule has 15 rings (SSSR count). The molecule has 0 radical (unpaired) electrons. The van der Waals surface area contributed by atoms with Crippen molar-refractivity contribution in [3.05, 3.63) is 188 Å². The van der Waals surface area contributed by atoms with Gasteiger partial charge in [0.25, 0.3) is 0 Å². The largest absolute Gasteiger partial charge is 0.306 e. The van der Waals surface area contributed by atoms with Gasteiger partial charge in [-0.2, -0.15) is 0 Å². The fourth-order valence-corrected chi connectivity index (χ4v) is 15.3. The topological polar surface area (TPSA) is 35.8 Å². The van der Waals surface area contributed by atoms with Crippen LogP contribution in [0.3, 0.4) is 0 Å². The normalized spacial score (nSPS) is 15.3. The van der Waals surface area contributed by atoms with Crippen LogP contribution in [0.4, 0.5) is 0 Å².